The Morgan fingerprint density at radius 2 is 1.74 bits per heavy atom. The van der Waals surface area contributed by atoms with E-state index in [1.807, 2.05) is 0 Å². The minimum atomic E-state index is -5.20. The first-order valence-corrected chi connectivity index (χ1v) is 11.2. The summed E-state index contributed by atoms with van der Waals surface area (Å²) >= 11 is 0. The third kappa shape index (κ3) is 5.46. The molecule has 1 saturated heterocycles. The SMILES string of the molecule is CCCC1COC(C2=CC(F)C(=c3ccc(=C4C=C(F)C(C(F)(F)F)=C(F)C4)c(F)c3)C=C2)OC1. The minimum Gasteiger partial charge on any atom is -0.348 e. The van der Waals surface area contributed by atoms with Crippen LogP contribution in [0.2, 0.25) is 0 Å². The molecular weight excluding hydrogens is 477 g/mol. The molecule has 35 heavy (non-hydrogen) atoms. The molecule has 188 valence electrons. The number of benzene rings is 1. The molecule has 0 saturated carbocycles. The van der Waals surface area contributed by atoms with Crippen molar-refractivity contribution in [1.82, 2.24) is 0 Å². The van der Waals surface area contributed by atoms with Gasteiger partial charge in [-0.05, 0) is 41.0 Å². The van der Waals surface area contributed by atoms with E-state index in [-0.39, 0.29) is 21.6 Å². The zero-order chi connectivity index (χ0) is 25.3. The Hall–Kier alpha value is -2.65. The van der Waals surface area contributed by atoms with Gasteiger partial charge in [0.15, 0.2) is 6.29 Å². The van der Waals surface area contributed by atoms with Gasteiger partial charge in [0.2, 0.25) is 0 Å². The summed E-state index contributed by atoms with van der Waals surface area (Å²) in [5.74, 6) is -4.19. The van der Waals surface area contributed by atoms with Crippen LogP contribution in [0.1, 0.15) is 26.2 Å². The Morgan fingerprint density at radius 3 is 2.31 bits per heavy atom. The second-order valence-corrected chi connectivity index (χ2v) is 8.68. The van der Waals surface area contributed by atoms with Crippen molar-refractivity contribution in [3.63, 3.8) is 0 Å². The highest BCUT2D eigenvalue weighted by Crippen LogP contribution is 2.40. The lowest BCUT2D eigenvalue weighted by Crippen LogP contribution is -2.33. The molecule has 0 spiro atoms. The third-order valence-electron chi connectivity index (χ3n) is 6.12. The maximum atomic E-state index is 15.0. The van der Waals surface area contributed by atoms with Crippen LogP contribution < -0.4 is 10.4 Å². The lowest BCUT2D eigenvalue weighted by molar-refractivity contribution is -0.179. The number of allylic oxidation sites excluding steroid dienone is 6. The Labute approximate surface area is 197 Å². The van der Waals surface area contributed by atoms with Gasteiger partial charge in [-0.2, -0.15) is 13.2 Å². The highest BCUT2D eigenvalue weighted by atomic mass is 19.4. The molecule has 1 fully saturated rings. The summed E-state index contributed by atoms with van der Waals surface area (Å²) in [6, 6.07) is 3.51. The largest absolute Gasteiger partial charge is 0.421 e. The Morgan fingerprint density at radius 1 is 1.03 bits per heavy atom. The Balaban J connectivity index is 1.59. The number of ether oxygens (including phenoxy) is 2. The molecule has 1 aromatic carbocycles. The topological polar surface area (TPSA) is 18.5 Å². The van der Waals surface area contributed by atoms with Crippen LogP contribution in [-0.2, 0) is 9.47 Å². The molecule has 3 aliphatic rings. The van der Waals surface area contributed by atoms with E-state index in [4.69, 9.17) is 9.47 Å². The molecule has 2 aliphatic carbocycles. The van der Waals surface area contributed by atoms with Crippen molar-refractivity contribution in [2.45, 2.75) is 44.8 Å². The van der Waals surface area contributed by atoms with Gasteiger partial charge in [0, 0.05) is 23.1 Å². The van der Waals surface area contributed by atoms with Gasteiger partial charge in [0.25, 0.3) is 0 Å². The lowest BCUT2D eigenvalue weighted by atomic mass is 9.95. The van der Waals surface area contributed by atoms with Crippen molar-refractivity contribution >= 4 is 11.1 Å². The van der Waals surface area contributed by atoms with Crippen LogP contribution in [0.3, 0.4) is 0 Å². The first-order valence-electron chi connectivity index (χ1n) is 11.2. The van der Waals surface area contributed by atoms with Crippen LogP contribution in [-0.4, -0.2) is 31.9 Å². The summed E-state index contributed by atoms with van der Waals surface area (Å²) in [6.07, 6.45) is -1.51. The molecule has 1 unspecified atom stereocenters. The molecule has 4 rings (SSSR count). The summed E-state index contributed by atoms with van der Waals surface area (Å²) in [5.41, 5.74) is -1.61. The molecule has 0 amide bonds. The quantitative estimate of drug-likeness (QED) is 0.489. The summed E-state index contributed by atoms with van der Waals surface area (Å²) in [7, 11) is 0. The number of halogens is 7. The fourth-order valence-electron chi connectivity index (χ4n) is 4.39. The number of hydrogen-bond donors (Lipinski definition) is 0. The number of rotatable bonds is 3. The highest BCUT2D eigenvalue weighted by molar-refractivity contribution is 5.68. The predicted octanol–water partition coefficient (Wildman–Crippen LogP) is 5.79. The molecule has 1 atom stereocenters. The van der Waals surface area contributed by atoms with Crippen molar-refractivity contribution in [3.05, 3.63) is 81.6 Å². The molecule has 2 nitrogen and oxygen atoms in total. The highest BCUT2D eigenvalue weighted by Gasteiger charge is 2.41. The Bertz CT molecular complexity index is 1230. The maximum absolute atomic E-state index is 15.0. The average Bonchev–Trinajstić information content (AvgIpc) is 2.78. The van der Waals surface area contributed by atoms with Gasteiger partial charge >= 0.3 is 6.18 Å². The number of alkyl halides is 4. The number of hydrogen-bond acceptors (Lipinski definition) is 2. The van der Waals surface area contributed by atoms with Crippen molar-refractivity contribution in [2.75, 3.05) is 13.2 Å². The molecule has 9 heteroatoms. The van der Waals surface area contributed by atoms with E-state index in [1.165, 1.54) is 24.3 Å². The van der Waals surface area contributed by atoms with Crippen molar-refractivity contribution in [3.8, 4) is 0 Å². The fourth-order valence-corrected chi connectivity index (χ4v) is 4.39. The van der Waals surface area contributed by atoms with E-state index >= 15 is 0 Å². The van der Waals surface area contributed by atoms with Gasteiger partial charge in [-0.3, -0.25) is 0 Å². The zero-order valence-corrected chi connectivity index (χ0v) is 18.8. The van der Waals surface area contributed by atoms with Crippen LogP contribution in [0, 0.1) is 11.7 Å². The molecule has 0 aromatic heterocycles. The minimum absolute atomic E-state index is 0.152. The first kappa shape index (κ1) is 25.4. The van der Waals surface area contributed by atoms with Crippen LogP contribution >= 0.6 is 0 Å². The summed E-state index contributed by atoms with van der Waals surface area (Å²) in [4.78, 5) is 0. The van der Waals surface area contributed by atoms with Crippen molar-refractivity contribution < 1.29 is 40.2 Å². The van der Waals surface area contributed by atoms with Gasteiger partial charge in [-0.1, -0.05) is 37.6 Å². The lowest BCUT2D eigenvalue weighted by Gasteiger charge is -2.31. The van der Waals surface area contributed by atoms with Gasteiger partial charge in [-0.15, -0.1) is 0 Å². The standard InChI is InChI=1S/C26H23F7O2/c1-2-3-14-12-34-25(35-13-14)16-5-7-18(21(28)9-16)15-4-6-19(20(27)8-15)17-10-22(29)24(23(30)11-17)26(31,32)33/h4-10,14,21,25H,2-3,11-13H2,1H3. The molecule has 0 N–H and O–H groups in total. The zero-order valence-electron chi connectivity index (χ0n) is 18.8. The summed E-state index contributed by atoms with van der Waals surface area (Å²) in [5, 5.41) is -0.0791. The van der Waals surface area contributed by atoms with Crippen LogP contribution in [0.25, 0.3) is 11.1 Å². The van der Waals surface area contributed by atoms with E-state index < -0.39 is 48.1 Å². The fraction of sp³-hybridized carbons (Fsp3) is 0.385. The van der Waals surface area contributed by atoms with E-state index in [9.17, 15) is 30.7 Å². The molecule has 0 radical (unpaired) electrons. The average molecular weight is 500 g/mol. The van der Waals surface area contributed by atoms with Crippen LogP contribution in [0.4, 0.5) is 30.7 Å². The molecule has 0 bridgehead atoms. The third-order valence-corrected chi connectivity index (χ3v) is 6.12. The van der Waals surface area contributed by atoms with Gasteiger partial charge < -0.3 is 9.47 Å². The summed E-state index contributed by atoms with van der Waals surface area (Å²) < 4.78 is 108. The van der Waals surface area contributed by atoms with E-state index in [1.54, 1.807) is 6.08 Å². The van der Waals surface area contributed by atoms with Crippen LogP contribution in [0.5, 0.6) is 0 Å². The van der Waals surface area contributed by atoms with Gasteiger partial charge in [0.05, 0.1) is 13.2 Å². The molecular formula is C26H23F7O2. The maximum Gasteiger partial charge on any atom is 0.421 e. The van der Waals surface area contributed by atoms with E-state index in [0.29, 0.717) is 30.8 Å². The second-order valence-electron chi connectivity index (χ2n) is 8.68. The second kappa shape index (κ2) is 10.1. The van der Waals surface area contributed by atoms with Gasteiger partial charge in [-0.25, -0.2) is 17.6 Å². The van der Waals surface area contributed by atoms with Crippen molar-refractivity contribution in [2.24, 2.45) is 5.92 Å². The molecule has 1 aromatic rings. The van der Waals surface area contributed by atoms with Crippen LogP contribution in [0.15, 0.2) is 65.3 Å². The summed E-state index contributed by atoms with van der Waals surface area (Å²) in [6.45, 7) is 3.09. The van der Waals surface area contributed by atoms with E-state index in [2.05, 4.69) is 6.92 Å². The first-order chi connectivity index (χ1) is 16.6. The van der Waals surface area contributed by atoms with Crippen molar-refractivity contribution in [1.29, 1.82) is 0 Å². The smallest absolute Gasteiger partial charge is 0.348 e. The van der Waals surface area contributed by atoms with E-state index in [0.717, 1.165) is 18.9 Å². The van der Waals surface area contributed by atoms with Gasteiger partial charge in [0.1, 0.15) is 29.2 Å². The monoisotopic (exact) mass is 500 g/mol. The predicted molar refractivity (Wildman–Crippen MR) is 117 cm³/mol. The molecule has 1 heterocycles. The molecule has 1 aliphatic heterocycles. The Kier molecular flexibility index (Phi) is 7.38. The normalized spacial score (nSPS) is 28.7.